The molecule has 1 aliphatic carbocycles. The SMILES string of the molecule is NNC(c1cc(Br)ccc1I)C1CCC1. The molecule has 4 heteroatoms. The number of nitrogens with one attached hydrogen (secondary N) is 1. The van der Waals surface area contributed by atoms with Crippen LogP contribution in [0.3, 0.4) is 0 Å². The lowest BCUT2D eigenvalue weighted by Crippen LogP contribution is -2.36. The highest BCUT2D eigenvalue weighted by Crippen LogP contribution is 2.39. The van der Waals surface area contributed by atoms with E-state index in [1.54, 1.807) is 0 Å². The average molecular weight is 381 g/mol. The quantitative estimate of drug-likeness (QED) is 0.479. The van der Waals surface area contributed by atoms with E-state index in [2.05, 4.69) is 62.1 Å². The number of rotatable bonds is 3. The highest BCUT2D eigenvalue weighted by Gasteiger charge is 2.28. The zero-order chi connectivity index (χ0) is 10.8. The van der Waals surface area contributed by atoms with E-state index in [-0.39, 0.29) is 0 Å². The van der Waals surface area contributed by atoms with Gasteiger partial charge in [0.15, 0.2) is 0 Å². The molecule has 1 aliphatic rings. The second-order valence-corrected chi connectivity index (χ2v) is 6.08. The second kappa shape index (κ2) is 5.12. The van der Waals surface area contributed by atoms with Gasteiger partial charge in [-0.15, -0.1) is 0 Å². The van der Waals surface area contributed by atoms with E-state index in [1.807, 2.05) is 0 Å². The molecular formula is C11H14BrIN2. The normalized spacial score (nSPS) is 18.6. The third kappa shape index (κ3) is 2.54. The van der Waals surface area contributed by atoms with Crippen LogP contribution in [-0.4, -0.2) is 0 Å². The summed E-state index contributed by atoms with van der Waals surface area (Å²) in [5.41, 5.74) is 4.28. The Labute approximate surface area is 112 Å². The molecule has 1 fully saturated rings. The van der Waals surface area contributed by atoms with Crippen LogP contribution in [0.5, 0.6) is 0 Å². The number of halogens is 2. The molecule has 0 heterocycles. The van der Waals surface area contributed by atoms with Crippen LogP contribution >= 0.6 is 38.5 Å². The Kier molecular flexibility index (Phi) is 4.04. The third-order valence-corrected chi connectivity index (χ3v) is 4.57. The van der Waals surface area contributed by atoms with Crippen molar-refractivity contribution in [2.24, 2.45) is 11.8 Å². The molecule has 1 unspecified atom stereocenters. The predicted octanol–water partition coefficient (Wildman–Crippen LogP) is 3.36. The summed E-state index contributed by atoms with van der Waals surface area (Å²) in [7, 11) is 0. The molecular weight excluding hydrogens is 367 g/mol. The van der Waals surface area contributed by atoms with Gasteiger partial charge in [0.2, 0.25) is 0 Å². The summed E-state index contributed by atoms with van der Waals surface area (Å²) in [5.74, 6) is 6.37. The van der Waals surface area contributed by atoms with Crippen molar-refractivity contribution in [3.63, 3.8) is 0 Å². The maximum Gasteiger partial charge on any atom is 0.0499 e. The first kappa shape index (κ1) is 11.8. The molecule has 1 saturated carbocycles. The standard InChI is InChI=1S/C11H14BrIN2/c12-8-4-5-10(13)9(6-8)11(15-14)7-2-1-3-7/h4-7,11,15H,1-3,14H2. The van der Waals surface area contributed by atoms with Crippen LogP contribution in [-0.2, 0) is 0 Å². The lowest BCUT2D eigenvalue weighted by molar-refractivity contribution is 0.231. The van der Waals surface area contributed by atoms with Crippen LogP contribution in [0, 0.1) is 9.49 Å². The number of hydrogen-bond donors (Lipinski definition) is 2. The van der Waals surface area contributed by atoms with E-state index >= 15 is 0 Å². The second-order valence-electron chi connectivity index (χ2n) is 4.00. The minimum absolute atomic E-state index is 0.308. The molecule has 0 aromatic heterocycles. The third-order valence-electron chi connectivity index (χ3n) is 3.09. The Balaban J connectivity index is 2.28. The van der Waals surface area contributed by atoms with Crippen LogP contribution in [0.15, 0.2) is 22.7 Å². The van der Waals surface area contributed by atoms with E-state index in [1.165, 1.54) is 28.4 Å². The van der Waals surface area contributed by atoms with Crippen molar-refractivity contribution in [2.75, 3.05) is 0 Å². The maximum absolute atomic E-state index is 5.67. The van der Waals surface area contributed by atoms with Gasteiger partial charge in [0, 0.05) is 14.1 Å². The van der Waals surface area contributed by atoms with Gasteiger partial charge < -0.3 is 0 Å². The minimum atomic E-state index is 0.308. The summed E-state index contributed by atoms with van der Waals surface area (Å²) in [5, 5.41) is 0. The van der Waals surface area contributed by atoms with Gasteiger partial charge in [-0.25, -0.2) is 0 Å². The van der Waals surface area contributed by atoms with E-state index in [0.717, 1.165) is 4.47 Å². The number of nitrogens with two attached hydrogens (primary N) is 1. The van der Waals surface area contributed by atoms with Gasteiger partial charge in [0.1, 0.15) is 0 Å². The first-order valence-corrected chi connectivity index (χ1v) is 7.00. The lowest BCUT2D eigenvalue weighted by Gasteiger charge is -2.34. The van der Waals surface area contributed by atoms with Gasteiger partial charge in [-0.3, -0.25) is 11.3 Å². The molecule has 2 nitrogen and oxygen atoms in total. The molecule has 0 aliphatic heterocycles. The van der Waals surface area contributed by atoms with Gasteiger partial charge in [-0.1, -0.05) is 22.4 Å². The van der Waals surface area contributed by atoms with Crippen molar-refractivity contribution < 1.29 is 0 Å². The van der Waals surface area contributed by atoms with Crippen molar-refractivity contribution in [3.05, 3.63) is 31.8 Å². The van der Waals surface area contributed by atoms with Gasteiger partial charge in [-0.2, -0.15) is 0 Å². The summed E-state index contributed by atoms with van der Waals surface area (Å²) >= 11 is 5.88. The Morgan fingerprint density at radius 3 is 2.73 bits per heavy atom. The zero-order valence-corrected chi connectivity index (χ0v) is 12.1. The molecule has 1 atom stereocenters. The zero-order valence-electron chi connectivity index (χ0n) is 8.34. The summed E-state index contributed by atoms with van der Waals surface area (Å²) in [6, 6.07) is 6.68. The summed E-state index contributed by atoms with van der Waals surface area (Å²) < 4.78 is 2.41. The fourth-order valence-corrected chi connectivity index (χ4v) is 3.06. The molecule has 2 rings (SSSR count). The number of benzene rings is 1. The molecule has 82 valence electrons. The molecule has 0 bridgehead atoms. The lowest BCUT2D eigenvalue weighted by atomic mass is 9.77. The van der Waals surface area contributed by atoms with E-state index in [0.29, 0.717) is 12.0 Å². The monoisotopic (exact) mass is 380 g/mol. The molecule has 1 aromatic carbocycles. The fraction of sp³-hybridized carbons (Fsp3) is 0.455. The number of hydrogen-bond acceptors (Lipinski definition) is 2. The fourth-order valence-electron chi connectivity index (χ4n) is 2.01. The van der Waals surface area contributed by atoms with Crippen LogP contribution in [0.1, 0.15) is 30.9 Å². The highest BCUT2D eigenvalue weighted by molar-refractivity contribution is 14.1. The first-order valence-electron chi connectivity index (χ1n) is 5.13. The van der Waals surface area contributed by atoms with Gasteiger partial charge >= 0.3 is 0 Å². The Hall–Kier alpha value is 0.350. The van der Waals surface area contributed by atoms with E-state index in [4.69, 9.17) is 5.84 Å². The molecule has 0 saturated heterocycles. The van der Waals surface area contributed by atoms with Crippen molar-refractivity contribution in [3.8, 4) is 0 Å². The Bertz CT molecular complexity index is 352. The Morgan fingerprint density at radius 1 is 1.47 bits per heavy atom. The van der Waals surface area contributed by atoms with Crippen LogP contribution < -0.4 is 11.3 Å². The van der Waals surface area contributed by atoms with Crippen molar-refractivity contribution >= 4 is 38.5 Å². The van der Waals surface area contributed by atoms with Gasteiger partial charge in [0.05, 0.1) is 0 Å². The average Bonchev–Trinajstić information content (AvgIpc) is 2.15. The maximum atomic E-state index is 5.67. The smallest absolute Gasteiger partial charge is 0.0499 e. The van der Waals surface area contributed by atoms with Crippen molar-refractivity contribution in [1.29, 1.82) is 0 Å². The van der Waals surface area contributed by atoms with Crippen LogP contribution in [0.4, 0.5) is 0 Å². The predicted molar refractivity (Wildman–Crippen MR) is 74.3 cm³/mol. The van der Waals surface area contributed by atoms with Gasteiger partial charge in [0.25, 0.3) is 0 Å². The molecule has 0 radical (unpaired) electrons. The summed E-state index contributed by atoms with van der Waals surface area (Å²) in [6.45, 7) is 0. The molecule has 3 N–H and O–H groups in total. The van der Waals surface area contributed by atoms with E-state index < -0.39 is 0 Å². The summed E-state index contributed by atoms with van der Waals surface area (Å²) in [6.07, 6.45) is 3.92. The molecule has 0 amide bonds. The highest BCUT2D eigenvalue weighted by atomic mass is 127. The van der Waals surface area contributed by atoms with Crippen LogP contribution in [0.25, 0.3) is 0 Å². The molecule has 0 spiro atoms. The van der Waals surface area contributed by atoms with Crippen LogP contribution in [0.2, 0.25) is 0 Å². The topological polar surface area (TPSA) is 38.0 Å². The molecule has 15 heavy (non-hydrogen) atoms. The van der Waals surface area contributed by atoms with Crippen molar-refractivity contribution in [2.45, 2.75) is 25.3 Å². The van der Waals surface area contributed by atoms with E-state index in [9.17, 15) is 0 Å². The van der Waals surface area contributed by atoms with Crippen molar-refractivity contribution in [1.82, 2.24) is 5.43 Å². The minimum Gasteiger partial charge on any atom is -0.271 e. The van der Waals surface area contributed by atoms with Gasteiger partial charge in [-0.05, 0) is 65.1 Å². The Morgan fingerprint density at radius 2 is 2.20 bits per heavy atom. The summed E-state index contributed by atoms with van der Waals surface area (Å²) in [4.78, 5) is 0. The number of hydrazine groups is 1. The molecule has 1 aromatic rings. The largest absolute Gasteiger partial charge is 0.271 e. The first-order chi connectivity index (χ1) is 7.22.